The van der Waals surface area contributed by atoms with Crippen molar-refractivity contribution in [1.29, 1.82) is 0 Å². The van der Waals surface area contributed by atoms with E-state index in [4.69, 9.17) is 4.74 Å². The van der Waals surface area contributed by atoms with Crippen molar-refractivity contribution in [3.8, 4) is 0 Å². The molecule has 11 heteroatoms. The van der Waals surface area contributed by atoms with Crippen molar-refractivity contribution in [1.82, 2.24) is 29.7 Å². The summed E-state index contributed by atoms with van der Waals surface area (Å²) in [6, 6.07) is 6.57. The summed E-state index contributed by atoms with van der Waals surface area (Å²) in [6.45, 7) is 3.60. The Kier molecular flexibility index (Phi) is 6.27. The first kappa shape index (κ1) is 24.7. The maximum Gasteiger partial charge on any atom is 0.250 e. The van der Waals surface area contributed by atoms with Gasteiger partial charge in [-0.05, 0) is 25.0 Å². The molecule has 0 bridgehead atoms. The topological polar surface area (TPSA) is 121 Å². The summed E-state index contributed by atoms with van der Waals surface area (Å²) >= 11 is 0. The molecule has 5 atom stereocenters. The number of nitrogens with zero attached hydrogens (tertiary/aromatic N) is 6. The number of hydrogen-bond donors (Lipinski definition) is 1. The highest BCUT2D eigenvalue weighted by Gasteiger charge is 2.71. The van der Waals surface area contributed by atoms with Crippen LogP contribution >= 0.6 is 0 Å². The van der Waals surface area contributed by atoms with Gasteiger partial charge in [0, 0.05) is 32.8 Å². The molecule has 2 saturated heterocycles. The van der Waals surface area contributed by atoms with Crippen molar-refractivity contribution in [3.63, 3.8) is 0 Å². The molecule has 4 aliphatic heterocycles. The molecule has 4 aliphatic rings. The zero-order valence-electron chi connectivity index (χ0n) is 21.3. The molecule has 0 saturated carbocycles. The Bertz CT molecular complexity index is 1320. The zero-order valence-corrected chi connectivity index (χ0v) is 21.3. The Balaban J connectivity index is 1.38. The van der Waals surface area contributed by atoms with E-state index in [1.54, 1.807) is 14.5 Å². The number of carbonyl (C=O) groups excluding carboxylic acids is 3. The zero-order chi connectivity index (χ0) is 26.4. The third kappa shape index (κ3) is 3.67. The Morgan fingerprint density at radius 1 is 1.05 bits per heavy atom. The minimum atomic E-state index is -1.27. The number of aliphatic hydroxyl groups excluding tert-OH is 1. The quantitative estimate of drug-likeness (QED) is 0.530. The molecule has 6 rings (SSSR count). The summed E-state index contributed by atoms with van der Waals surface area (Å²) in [6.07, 6.45) is 8.01. The maximum absolute atomic E-state index is 14.2. The van der Waals surface area contributed by atoms with Crippen molar-refractivity contribution >= 4 is 28.8 Å². The van der Waals surface area contributed by atoms with Crippen molar-refractivity contribution in [2.75, 3.05) is 32.8 Å². The molecule has 1 N–H and O–H groups in total. The predicted octanol–water partition coefficient (Wildman–Crippen LogP) is 0.559. The number of hydrogen-bond acceptors (Lipinski definition) is 7. The summed E-state index contributed by atoms with van der Waals surface area (Å²) in [5.41, 5.74) is 0.253. The monoisotopic (exact) mass is 520 g/mol. The van der Waals surface area contributed by atoms with Crippen LogP contribution in [0.1, 0.15) is 19.8 Å². The molecule has 5 heterocycles. The van der Waals surface area contributed by atoms with E-state index in [0.29, 0.717) is 26.1 Å². The van der Waals surface area contributed by atoms with Gasteiger partial charge in [-0.25, -0.2) is 4.68 Å². The Labute approximate surface area is 220 Å². The molecule has 38 heavy (non-hydrogen) atoms. The molecule has 1 unspecified atom stereocenters. The number of likely N-dealkylation sites (tertiary alicyclic amines) is 1. The summed E-state index contributed by atoms with van der Waals surface area (Å²) in [5, 5.41) is 18.0. The fourth-order valence-electron chi connectivity index (χ4n) is 6.50. The van der Waals surface area contributed by atoms with Crippen LogP contribution in [0.3, 0.4) is 0 Å². The average molecular weight is 521 g/mol. The minimum Gasteiger partial charge on any atom is -0.396 e. The number of para-hydroxylation sites is 1. The lowest BCUT2D eigenvalue weighted by Crippen LogP contribution is -2.55. The van der Waals surface area contributed by atoms with E-state index in [-0.39, 0.29) is 37.5 Å². The molecule has 3 amide bonds. The highest BCUT2D eigenvalue weighted by molar-refractivity contribution is 5.99. The second-order valence-corrected chi connectivity index (χ2v) is 10.3. The Morgan fingerprint density at radius 2 is 1.87 bits per heavy atom. The van der Waals surface area contributed by atoms with Gasteiger partial charge in [-0.15, -0.1) is 5.10 Å². The number of carbonyl (C=O) groups is 3. The fourth-order valence-corrected chi connectivity index (χ4v) is 6.50. The van der Waals surface area contributed by atoms with Crippen LogP contribution in [0.4, 0.5) is 0 Å². The van der Waals surface area contributed by atoms with E-state index in [9.17, 15) is 19.5 Å². The molecular formula is C27H32N6O5. The third-order valence-corrected chi connectivity index (χ3v) is 8.10. The van der Waals surface area contributed by atoms with Gasteiger partial charge >= 0.3 is 0 Å². The van der Waals surface area contributed by atoms with Crippen LogP contribution < -0.4 is 0 Å². The van der Waals surface area contributed by atoms with Crippen LogP contribution in [-0.4, -0.2) is 103 Å². The normalized spacial score (nSPS) is 30.6. The SMILES string of the molecule is CCCN1CC=C[C@H]2O[C@]34C=CCN(Cn5nnc6ccccc65)C(=O)C3N(CCCO)C(=O)[C@@H]4[C@H]2C1=O. The van der Waals surface area contributed by atoms with Crippen molar-refractivity contribution in [2.45, 2.75) is 44.2 Å². The van der Waals surface area contributed by atoms with Crippen LogP contribution in [-0.2, 0) is 25.8 Å². The number of ether oxygens (including phenoxy) is 1. The van der Waals surface area contributed by atoms with Crippen LogP contribution in [0.5, 0.6) is 0 Å². The number of benzene rings is 1. The van der Waals surface area contributed by atoms with Gasteiger partial charge in [0.05, 0.1) is 23.5 Å². The second-order valence-electron chi connectivity index (χ2n) is 10.3. The molecule has 2 fully saturated rings. The maximum atomic E-state index is 14.2. The second kappa shape index (κ2) is 9.63. The lowest BCUT2D eigenvalue weighted by molar-refractivity contribution is -0.149. The van der Waals surface area contributed by atoms with Gasteiger partial charge in [-0.2, -0.15) is 0 Å². The number of fused-ring (bicyclic) bond motifs is 3. The fraction of sp³-hybridized carbons (Fsp3) is 0.519. The lowest BCUT2D eigenvalue weighted by atomic mass is 9.77. The van der Waals surface area contributed by atoms with Gasteiger partial charge in [-0.3, -0.25) is 14.4 Å². The van der Waals surface area contributed by atoms with E-state index in [0.717, 1.165) is 17.5 Å². The number of aromatic nitrogens is 3. The van der Waals surface area contributed by atoms with Crippen LogP contribution in [0.2, 0.25) is 0 Å². The van der Waals surface area contributed by atoms with Gasteiger partial charge in [0.1, 0.15) is 23.8 Å². The van der Waals surface area contributed by atoms with Gasteiger partial charge in [0.2, 0.25) is 11.8 Å². The number of amides is 3. The van der Waals surface area contributed by atoms with Gasteiger partial charge in [0.15, 0.2) is 0 Å². The van der Waals surface area contributed by atoms with Gasteiger partial charge in [-0.1, -0.05) is 48.6 Å². The smallest absolute Gasteiger partial charge is 0.250 e. The highest BCUT2D eigenvalue weighted by Crippen LogP contribution is 2.53. The summed E-state index contributed by atoms with van der Waals surface area (Å²) in [4.78, 5) is 46.9. The first-order valence-corrected chi connectivity index (χ1v) is 13.3. The molecule has 1 aromatic carbocycles. The van der Waals surface area contributed by atoms with Crippen molar-refractivity contribution in [3.05, 3.63) is 48.6 Å². The van der Waals surface area contributed by atoms with Crippen LogP contribution in [0, 0.1) is 11.8 Å². The standard InChI is InChI=1S/C27H32N6O5/c1-2-12-30-13-5-10-20-21(24(30)35)22-25(36)32(15-7-16-34)23-26(37)31(14-6-11-27(22,23)38-20)17-33-19-9-4-3-8-18(19)28-29-33/h3-6,8-11,20-23,34H,2,7,12-17H2,1H3/t20-,21+,22+,23?,27+/m1/s1. The van der Waals surface area contributed by atoms with E-state index < -0.39 is 29.6 Å². The van der Waals surface area contributed by atoms with Crippen molar-refractivity contribution in [2.24, 2.45) is 11.8 Å². The van der Waals surface area contributed by atoms with Crippen molar-refractivity contribution < 1.29 is 24.2 Å². The minimum absolute atomic E-state index is 0.115. The first-order chi connectivity index (χ1) is 18.5. The molecule has 0 aliphatic carbocycles. The highest BCUT2D eigenvalue weighted by atomic mass is 16.5. The van der Waals surface area contributed by atoms with E-state index >= 15 is 0 Å². The third-order valence-electron chi connectivity index (χ3n) is 8.10. The number of rotatable bonds is 7. The van der Waals surface area contributed by atoms with E-state index in [2.05, 4.69) is 10.3 Å². The molecule has 1 aromatic heterocycles. The Morgan fingerprint density at radius 3 is 2.68 bits per heavy atom. The first-order valence-electron chi connectivity index (χ1n) is 13.3. The largest absolute Gasteiger partial charge is 0.396 e. The van der Waals surface area contributed by atoms with Crippen LogP contribution in [0.25, 0.3) is 11.0 Å². The molecular weight excluding hydrogens is 488 g/mol. The Hall–Kier alpha value is -3.57. The van der Waals surface area contributed by atoms with Crippen LogP contribution in [0.15, 0.2) is 48.6 Å². The number of aliphatic hydroxyl groups is 1. The summed E-state index contributed by atoms with van der Waals surface area (Å²) in [5.74, 6) is -2.20. The predicted molar refractivity (Wildman–Crippen MR) is 136 cm³/mol. The molecule has 200 valence electrons. The summed E-state index contributed by atoms with van der Waals surface area (Å²) < 4.78 is 8.28. The van der Waals surface area contributed by atoms with E-state index in [1.807, 2.05) is 55.5 Å². The molecule has 1 spiro atoms. The van der Waals surface area contributed by atoms with Gasteiger partial charge < -0.3 is 24.5 Å². The lowest BCUT2D eigenvalue weighted by Gasteiger charge is -2.35. The summed E-state index contributed by atoms with van der Waals surface area (Å²) in [7, 11) is 0. The molecule has 2 aromatic rings. The molecule has 11 nitrogen and oxygen atoms in total. The average Bonchev–Trinajstić information content (AvgIpc) is 3.47. The molecule has 0 radical (unpaired) electrons. The van der Waals surface area contributed by atoms with E-state index in [1.165, 1.54) is 4.90 Å². The van der Waals surface area contributed by atoms with Gasteiger partial charge in [0.25, 0.3) is 5.91 Å².